The van der Waals surface area contributed by atoms with Gasteiger partial charge in [0.15, 0.2) is 34.3 Å². The summed E-state index contributed by atoms with van der Waals surface area (Å²) in [6.07, 6.45) is 7.67. The maximum absolute atomic E-state index is 6.41. The minimum Gasteiger partial charge on any atom is -0.453 e. The Morgan fingerprint density at radius 1 is 0.455 bits per heavy atom. The number of hydrogen-bond donors (Lipinski definition) is 0. The average molecular weight is 571 g/mol. The van der Waals surface area contributed by atoms with Crippen molar-refractivity contribution in [1.82, 2.24) is 18.8 Å². The van der Waals surface area contributed by atoms with E-state index in [0.29, 0.717) is 0 Å². The molecular weight excluding hydrogens is 548 g/mol. The topological polar surface area (TPSA) is 59.5 Å². The molecule has 208 valence electrons. The fourth-order valence-electron chi connectivity index (χ4n) is 6.58. The number of ether oxygens (including phenoxy) is 2. The first-order valence-corrected chi connectivity index (χ1v) is 14.4. The van der Waals surface area contributed by atoms with Crippen LogP contribution in [0.1, 0.15) is 0 Å². The zero-order valence-corrected chi connectivity index (χ0v) is 23.2. The van der Waals surface area contributed by atoms with Gasteiger partial charge in [-0.05, 0) is 60.7 Å². The maximum Gasteiger partial charge on any atom is 0.181 e. The van der Waals surface area contributed by atoms with Crippen LogP contribution in [0.25, 0.3) is 22.3 Å². The number of nitrogens with zero attached hydrogens (tertiary/aromatic N) is 6. The first kappa shape index (κ1) is 23.3. The molecule has 0 N–H and O–H groups in total. The third-order valence-electron chi connectivity index (χ3n) is 8.40. The predicted molar refractivity (Wildman–Crippen MR) is 171 cm³/mol. The summed E-state index contributed by atoms with van der Waals surface area (Å²) in [5, 5.41) is 0. The summed E-state index contributed by atoms with van der Waals surface area (Å²) < 4.78 is 17.0. The highest BCUT2D eigenvalue weighted by atomic mass is 16.5. The molecule has 10 rings (SSSR count). The van der Waals surface area contributed by atoms with Gasteiger partial charge in [0.1, 0.15) is 0 Å². The van der Waals surface area contributed by atoms with Gasteiger partial charge in [-0.1, -0.05) is 48.5 Å². The summed E-state index contributed by atoms with van der Waals surface area (Å²) in [5.74, 6) is 3.18. The summed E-state index contributed by atoms with van der Waals surface area (Å²) in [5.41, 5.74) is 9.33. The van der Waals surface area contributed by atoms with Crippen LogP contribution in [-0.2, 0) is 0 Å². The van der Waals surface area contributed by atoms with E-state index in [4.69, 9.17) is 19.4 Å². The van der Waals surface area contributed by atoms with Crippen LogP contribution in [0.2, 0.25) is 0 Å². The van der Waals surface area contributed by atoms with Crippen LogP contribution in [0.15, 0.2) is 134 Å². The zero-order chi connectivity index (χ0) is 28.8. The molecule has 44 heavy (non-hydrogen) atoms. The second kappa shape index (κ2) is 8.62. The van der Waals surface area contributed by atoms with Crippen molar-refractivity contribution in [3.05, 3.63) is 134 Å². The van der Waals surface area contributed by atoms with Crippen LogP contribution in [0.5, 0.6) is 23.0 Å². The van der Waals surface area contributed by atoms with E-state index in [-0.39, 0.29) is 0 Å². The van der Waals surface area contributed by atoms with E-state index in [9.17, 15) is 0 Å². The number of anilines is 6. The van der Waals surface area contributed by atoms with Gasteiger partial charge in [0.05, 0.1) is 45.2 Å². The van der Waals surface area contributed by atoms with E-state index in [0.717, 1.165) is 79.5 Å². The number of imidazole rings is 2. The molecule has 0 bridgehead atoms. The van der Waals surface area contributed by atoms with Crippen LogP contribution in [0, 0.1) is 0 Å². The Bertz CT molecular complexity index is 2350. The van der Waals surface area contributed by atoms with E-state index in [1.54, 1.807) is 0 Å². The SMILES string of the molecule is c1ccc2c(c1)Oc1ccccc1N2c1cc(N2c3ccccc3Oc3ccccc32)c2c(c1)n1ccnc1c1nccn12. The van der Waals surface area contributed by atoms with Crippen LogP contribution >= 0.6 is 0 Å². The third-order valence-corrected chi connectivity index (χ3v) is 8.40. The van der Waals surface area contributed by atoms with Crippen molar-refractivity contribution in [2.24, 2.45) is 0 Å². The normalized spacial score (nSPS) is 13.3. The quantitative estimate of drug-likeness (QED) is 0.206. The molecule has 0 saturated heterocycles. The standard InChI is InChI=1S/C36H22N6O2/c1-5-13-30-24(9-1)41(25-10-2-6-14-31(25)43-30)23-21-28-34(40-20-18-38-36(40)35-37-17-19-39(28)35)29(22-23)42-26-11-3-7-15-32(26)44-33-16-8-4-12-27(33)42/h1-22H. The lowest BCUT2D eigenvalue weighted by Crippen LogP contribution is -2.19. The molecule has 2 aliphatic rings. The molecule has 8 heteroatoms. The number of para-hydroxylation sites is 8. The van der Waals surface area contributed by atoms with Gasteiger partial charge in [0, 0.05) is 24.8 Å². The Morgan fingerprint density at radius 2 is 0.909 bits per heavy atom. The average Bonchev–Trinajstić information content (AvgIpc) is 3.76. The van der Waals surface area contributed by atoms with E-state index in [1.807, 2.05) is 97.6 Å². The van der Waals surface area contributed by atoms with Gasteiger partial charge >= 0.3 is 0 Å². The second-order valence-electron chi connectivity index (χ2n) is 10.8. The van der Waals surface area contributed by atoms with E-state index in [1.165, 1.54) is 0 Å². The minimum atomic E-state index is 0.786. The first-order valence-electron chi connectivity index (χ1n) is 14.4. The lowest BCUT2D eigenvalue weighted by molar-refractivity contribution is 0.477. The van der Waals surface area contributed by atoms with Crippen molar-refractivity contribution >= 4 is 56.5 Å². The molecule has 5 aromatic carbocycles. The molecule has 8 nitrogen and oxygen atoms in total. The molecule has 0 spiro atoms. The summed E-state index contributed by atoms with van der Waals surface area (Å²) in [4.78, 5) is 14.0. The largest absolute Gasteiger partial charge is 0.453 e. The highest BCUT2D eigenvalue weighted by Crippen LogP contribution is 2.55. The molecular formula is C36H22N6O2. The lowest BCUT2D eigenvalue weighted by Gasteiger charge is -2.36. The lowest BCUT2D eigenvalue weighted by atomic mass is 10.1. The van der Waals surface area contributed by atoms with Gasteiger partial charge in [-0.15, -0.1) is 0 Å². The highest BCUT2D eigenvalue weighted by Gasteiger charge is 2.31. The summed E-state index contributed by atoms with van der Waals surface area (Å²) in [7, 11) is 0. The van der Waals surface area contributed by atoms with Crippen molar-refractivity contribution in [2.45, 2.75) is 0 Å². The zero-order valence-electron chi connectivity index (χ0n) is 23.2. The van der Waals surface area contributed by atoms with Gasteiger partial charge in [0.2, 0.25) is 0 Å². The number of benzene rings is 5. The third kappa shape index (κ3) is 3.11. The summed E-state index contributed by atoms with van der Waals surface area (Å²) in [6.45, 7) is 0. The number of hydrogen-bond acceptors (Lipinski definition) is 6. The fourth-order valence-corrected chi connectivity index (χ4v) is 6.58. The molecule has 0 fully saturated rings. The summed E-state index contributed by atoms with van der Waals surface area (Å²) >= 11 is 0. The van der Waals surface area contributed by atoms with Gasteiger partial charge in [-0.25, -0.2) is 9.97 Å². The van der Waals surface area contributed by atoms with Gasteiger partial charge in [0.25, 0.3) is 0 Å². The molecule has 0 aliphatic carbocycles. The number of rotatable bonds is 2. The Hall–Kier alpha value is -6.28. The number of aromatic nitrogens is 4. The van der Waals surface area contributed by atoms with E-state index >= 15 is 0 Å². The Labute approximate surface area is 251 Å². The monoisotopic (exact) mass is 570 g/mol. The van der Waals surface area contributed by atoms with Crippen molar-refractivity contribution in [1.29, 1.82) is 0 Å². The molecule has 0 amide bonds. The molecule has 2 aliphatic heterocycles. The Balaban J connectivity index is 1.37. The minimum absolute atomic E-state index is 0.786. The molecule has 8 aromatic rings. The molecule has 5 heterocycles. The van der Waals surface area contributed by atoms with Crippen molar-refractivity contribution in [2.75, 3.05) is 9.80 Å². The molecule has 0 saturated carbocycles. The Morgan fingerprint density at radius 3 is 1.45 bits per heavy atom. The van der Waals surface area contributed by atoms with Gasteiger partial charge < -0.3 is 19.3 Å². The van der Waals surface area contributed by atoms with Crippen LogP contribution in [0.4, 0.5) is 34.1 Å². The van der Waals surface area contributed by atoms with E-state index < -0.39 is 0 Å². The number of fused-ring (bicyclic) bond motifs is 10. The van der Waals surface area contributed by atoms with Crippen molar-refractivity contribution < 1.29 is 9.47 Å². The van der Waals surface area contributed by atoms with Crippen molar-refractivity contribution in [3.8, 4) is 23.0 Å². The fraction of sp³-hybridized carbons (Fsp3) is 0. The van der Waals surface area contributed by atoms with Crippen LogP contribution < -0.4 is 19.3 Å². The van der Waals surface area contributed by atoms with Crippen LogP contribution in [-0.4, -0.2) is 18.8 Å². The second-order valence-corrected chi connectivity index (χ2v) is 10.8. The Kier molecular flexibility index (Phi) is 4.57. The van der Waals surface area contributed by atoms with E-state index in [2.05, 4.69) is 55.0 Å². The maximum atomic E-state index is 6.41. The summed E-state index contributed by atoms with van der Waals surface area (Å²) in [6, 6.07) is 37.1. The molecule has 0 radical (unpaired) electrons. The molecule has 3 aromatic heterocycles. The van der Waals surface area contributed by atoms with Gasteiger partial charge in [-0.2, -0.15) is 0 Å². The molecule has 0 atom stereocenters. The van der Waals surface area contributed by atoms with Gasteiger partial charge in [-0.3, -0.25) is 8.80 Å². The van der Waals surface area contributed by atoms with Crippen molar-refractivity contribution in [3.63, 3.8) is 0 Å². The highest BCUT2D eigenvalue weighted by molar-refractivity contribution is 6.04. The van der Waals surface area contributed by atoms with Crippen LogP contribution in [0.3, 0.4) is 0 Å². The first-order chi connectivity index (χ1) is 21.8. The smallest absolute Gasteiger partial charge is 0.181 e. The predicted octanol–water partition coefficient (Wildman–Crippen LogP) is 9.29. The molecule has 0 unspecified atom stereocenters.